The van der Waals surface area contributed by atoms with Gasteiger partial charge >= 0.3 is 0 Å². The van der Waals surface area contributed by atoms with E-state index in [-0.39, 0.29) is 0 Å². The Morgan fingerprint density at radius 1 is 0.333 bits per heavy atom. The molecule has 1 aliphatic rings. The van der Waals surface area contributed by atoms with Crippen molar-refractivity contribution in [3.05, 3.63) is 260 Å². The molecule has 12 rings (SSSR count). The number of nitrogens with zero attached hydrogens (tertiary/aromatic N) is 2. The number of benzene rings is 10. The van der Waals surface area contributed by atoms with E-state index in [9.17, 15) is 0 Å². The largest absolute Gasteiger partial charge is 0.311 e. The standard InChI is InChI=1S/C64H46N2/c1-3-14-45(15-4-1)48-30-37-54(38-31-48)65(55-39-32-49(33-40-55)46-16-5-2-6-17-46)56-41-34-50(35-42-56)47-26-28-52(29-27-47)59-21-9-11-24-62(59)66-63-25-12-10-22-60(63)61-43-36-53(44-64(61)66)58-23-13-19-51-18-7-8-20-57(51)58/h1,3-5,7-44H,2,6H2. The van der Waals surface area contributed by atoms with E-state index in [0.29, 0.717) is 0 Å². The minimum absolute atomic E-state index is 1.09. The molecule has 312 valence electrons. The quantitative estimate of drug-likeness (QED) is 0.141. The van der Waals surface area contributed by atoms with Crippen molar-refractivity contribution in [3.63, 3.8) is 0 Å². The number of anilines is 3. The molecular weight excluding hydrogens is 797 g/mol. The van der Waals surface area contributed by atoms with Crippen LogP contribution in [-0.2, 0) is 0 Å². The summed E-state index contributed by atoms with van der Waals surface area (Å²) in [6.45, 7) is 0. The second-order valence-electron chi connectivity index (χ2n) is 17.2. The minimum atomic E-state index is 1.09. The van der Waals surface area contributed by atoms with Gasteiger partial charge in [-0.2, -0.15) is 0 Å². The van der Waals surface area contributed by atoms with Crippen molar-refractivity contribution in [3.8, 4) is 50.2 Å². The Morgan fingerprint density at radius 3 is 1.55 bits per heavy atom. The zero-order valence-corrected chi connectivity index (χ0v) is 36.6. The van der Waals surface area contributed by atoms with Crippen LogP contribution in [0.15, 0.2) is 255 Å². The first-order valence-corrected chi connectivity index (χ1v) is 23.0. The molecule has 0 amide bonds. The van der Waals surface area contributed by atoms with Crippen molar-refractivity contribution >= 4 is 55.2 Å². The van der Waals surface area contributed by atoms with E-state index in [1.165, 1.54) is 88.2 Å². The summed E-state index contributed by atoms with van der Waals surface area (Å²) in [5, 5.41) is 5.01. The van der Waals surface area contributed by atoms with E-state index in [1.807, 2.05) is 0 Å². The Bertz CT molecular complexity index is 3590. The highest BCUT2D eigenvalue weighted by Crippen LogP contribution is 2.41. The lowest BCUT2D eigenvalue weighted by atomic mass is 9.97. The van der Waals surface area contributed by atoms with Gasteiger partial charge in [-0.05, 0) is 128 Å². The highest BCUT2D eigenvalue weighted by molar-refractivity contribution is 6.11. The molecule has 0 aliphatic heterocycles. The molecule has 0 fully saturated rings. The lowest BCUT2D eigenvalue weighted by molar-refractivity contribution is 1.04. The summed E-state index contributed by atoms with van der Waals surface area (Å²) in [6.07, 6.45) is 9.06. The third-order valence-electron chi connectivity index (χ3n) is 13.3. The van der Waals surface area contributed by atoms with E-state index in [0.717, 1.165) is 35.6 Å². The average molecular weight is 843 g/mol. The number of fused-ring (bicyclic) bond motifs is 4. The Hall–Kier alpha value is -8.46. The van der Waals surface area contributed by atoms with Crippen molar-refractivity contribution in [2.24, 2.45) is 0 Å². The van der Waals surface area contributed by atoms with Crippen molar-refractivity contribution in [1.82, 2.24) is 4.57 Å². The predicted octanol–water partition coefficient (Wildman–Crippen LogP) is 17.8. The van der Waals surface area contributed by atoms with Crippen LogP contribution in [0.3, 0.4) is 0 Å². The highest BCUT2D eigenvalue weighted by atomic mass is 15.1. The molecule has 0 radical (unpaired) electrons. The maximum absolute atomic E-state index is 2.46. The normalized spacial score (nSPS) is 12.5. The number of para-hydroxylation sites is 2. The molecular formula is C64H46N2. The average Bonchev–Trinajstić information content (AvgIpc) is 3.73. The molecule has 66 heavy (non-hydrogen) atoms. The summed E-state index contributed by atoms with van der Waals surface area (Å²) in [4.78, 5) is 2.35. The monoisotopic (exact) mass is 842 g/mol. The first kappa shape index (κ1) is 39.2. The zero-order valence-electron chi connectivity index (χ0n) is 36.6. The number of allylic oxidation sites excluding steroid dienone is 4. The van der Waals surface area contributed by atoms with Gasteiger partial charge in [-0.15, -0.1) is 0 Å². The van der Waals surface area contributed by atoms with E-state index in [4.69, 9.17) is 0 Å². The number of hydrogen-bond acceptors (Lipinski definition) is 1. The second kappa shape index (κ2) is 16.9. The molecule has 0 atom stereocenters. The van der Waals surface area contributed by atoms with Gasteiger partial charge in [-0.3, -0.25) is 0 Å². The van der Waals surface area contributed by atoms with Crippen LogP contribution in [0.25, 0.3) is 88.3 Å². The molecule has 0 bridgehead atoms. The molecule has 2 heteroatoms. The SMILES string of the molecule is C1=CC(c2ccc(N(c3ccc(-c4ccccc4)cc3)c3ccc(-c4ccc(-c5ccccc5-n5c6ccccc6c6ccc(-c7cccc8ccccc78)cc65)cc4)cc3)cc2)=CCC1. The van der Waals surface area contributed by atoms with Gasteiger partial charge in [-0.1, -0.05) is 200 Å². The van der Waals surface area contributed by atoms with Crippen LogP contribution in [0.4, 0.5) is 17.1 Å². The van der Waals surface area contributed by atoms with Crippen LogP contribution in [0.1, 0.15) is 18.4 Å². The summed E-state index contributed by atoms with van der Waals surface area (Å²) in [7, 11) is 0. The van der Waals surface area contributed by atoms with Gasteiger partial charge in [0, 0.05) is 33.4 Å². The Morgan fingerprint density at radius 2 is 0.848 bits per heavy atom. The Kier molecular flexibility index (Phi) is 10.0. The van der Waals surface area contributed by atoms with Crippen molar-refractivity contribution < 1.29 is 0 Å². The summed E-state index contributed by atoms with van der Waals surface area (Å²) in [6, 6.07) is 86.4. The van der Waals surface area contributed by atoms with Crippen LogP contribution in [0, 0.1) is 0 Å². The fourth-order valence-corrected chi connectivity index (χ4v) is 9.94. The predicted molar refractivity (Wildman–Crippen MR) is 281 cm³/mol. The minimum Gasteiger partial charge on any atom is -0.311 e. The Balaban J connectivity index is 0.884. The van der Waals surface area contributed by atoms with Crippen molar-refractivity contribution in [1.29, 1.82) is 0 Å². The van der Waals surface area contributed by atoms with Crippen LogP contribution < -0.4 is 4.90 Å². The van der Waals surface area contributed by atoms with Gasteiger partial charge in [-0.25, -0.2) is 0 Å². The van der Waals surface area contributed by atoms with Crippen LogP contribution in [-0.4, -0.2) is 4.57 Å². The number of aromatic nitrogens is 1. The van der Waals surface area contributed by atoms with Gasteiger partial charge in [0.05, 0.1) is 16.7 Å². The molecule has 10 aromatic carbocycles. The highest BCUT2D eigenvalue weighted by Gasteiger charge is 2.18. The number of rotatable bonds is 9. The first-order valence-electron chi connectivity index (χ1n) is 23.0. The molecule has 0 unspecified atom stereocenters. The maximum Gasteiger partial charge on any atom is 0.0547 e. The summed E-state index contributed by atoms with van der Waals surface area (Å²) < 4.78 is 2.46. The molecule has 1 heterocycles. The number of hydrogen-bond donors (Lipinski definition) is 0. The third-order valence-corrected chi connectivity index (χ3v) is 13.3. The fraction of sp³-hybridized carbons (Fsp3) is 0.0312. The molecule has 11 aromatic rings. The van der Waals surface area contributed by atoms with Crippen molar-refractivity contribution in [2.75, 3.05) is 4.90 Å². The molecule has 2 nitrogen and oxygen atoms in total. The third kappa shape index (κ3) is 7.19. The van der Waals surface area contributed by atoms with E-state index in [1.54, 1.807) is 0 Å². The fourth-order valence-electron chi connectivity index (χ4n) is 9.94. The second-order valence-corrected chi connectivity index (χ2v) is 17.2. The molecule has 0 saturated carbocycles. The van der Waals surface area contributed by atoms with E-state index in [2.05, 4.69) is 264 Å². The lowest BCUT2D eigenvalue weighted by Gasteiger charge is -2.26. The molecule has 0 spiro atoms. The molecule has 1 aromatic heterocycles. The van der Waals surface area contributed by atoms with Gasteiger partial charge in [0.1, 0.15) is 0 Å². The van der Waals surface area contributed by atoms with Crippen molar-refractivity contribution in [2.45, 2.75) is 12.8 Å². The maximum atomic E-state index is 2.46. The van der Waals surface area contributed by atoms with E-state index >= 15 is 0 Å². The van der Waals surface area contributed by atoms with Gasteiger partial charge in [0.2, 0.25) is 0 Å². The lowest BCUT2D eigenvalue weighted by Crippen LogP contribution is -2.10. The van der Waals surface area contributed by atoms with Crippen LogP contribution in [0.5, 0.6) is 0 Å². The van der Waals surface area contributed by atoms with Gasteiger partial charge < -0.3 is 9.47 Å². The smallest absolute Gasteiger partial charge is 0.0547 e. The van der Waals surface area contributed by atoms with Gasteiger partial charge in [0.25, 0.3) is 0 Å². The van der Waals surface area contributed by atoms with Crippen LogP contribution in [0.2, 0.25) is 0 Å². The summed E-state index contributed by atoms with van der Waals surface area (Å²) in [5.41, 5.74) is 19.0. The molecule has 0 N–H and O–H groups in total. The molecule has 1 aliphatic carbocycles. The zero-order chi connectivity index (χ0) is 43.8. The van der Waals surface area contributed by atoms with E-state index < -0.39 is 0 Å². The molecule has 0 saturated heterocycles. The Labute approximate surface area is 386 Å². The van der Waals surface area contributed by atoms with Gasteiger partial charge in [0.15, 0.2) is 0 Å². The first-order chi connectivity index (χ1) is 32.7. The topological polar surface area (TPSA) is 8.17 Å². The summed E-state index contributed by atoms with van der Waals surface area (Å²) in [5.74, 6) is 0. The van der Waals surface area contributed by atoms with Crippen LogP contribution >= 0.6 is 0 Å². The summed E-state index contributed by atoms with van der Waals surface area (Å²) >= 11 is 0.